The Hall–Kier alpha value is -2.19. The van der Waals surface area contributed by atoms with Gasteiger partial charge in [-0.2, -0.15) is 0 Å². The normalized spacial score (nSPS) is 12.7. The molecule has 8 heteroatoms. The van der Waals surface area contributed by atoms with Gasteiger partial charge >= 0.3 is 5.97 Å². The molecule has 0 aliphatic rings. The van der Waals surface area contributed by atoms with Crippen molar-refractivity contribution in [1.82, 2.24) is 14.5 Å². The molecule has 0 bridgehead atoms. The van der Waals surface area contributed by atoms with Gasteiger partial charge < -0.3 is 20.1 Å². The fourth-order valence-electron chi connectivity index (χ4n) is 2.56. The standard InChI is InChI=1S/C15H15BrN4O3/c1-7(21)6-20-12-9-4-3-8(14(22)23-2)5-10(9)18-13(17)11(12)19-15(20)16/h3-5,7,21H,6H2,1-2H3,(H2,17,18)/t7-/m0/s1. The Morgan fingerprint density at radius 3 is 2.87 bits per heavy atom. The molecule has 7 nitrogen and oxygen atoms in total. The van der Waals surface area contributed by atoms with E-state index in [1.807, 2.05) is 4.57 Å². The number of nitrogen functional groups attached to an aromatic ring is 1. The Kier molecular flexibility index (Phi) is 3.95. The predicted molar refractivity (Wildman–Crippen MR) is 90.2 cm³/mol. The van der Waals surface area contributed by atoms with Crippen molar-refractivity contribution in [3.63, 3.8) is 0 Å². The Bertz CT molecular complexity index is 920. The average Bonchev–Trinajstić information content (AvgIpc) is 2.83. The molecule has 3 N–H and O–H groups in total. The number of rotatable bonds is 3. The first kappa shape index (κ1) is 15.7. The number of fused-ring (bicyclic) bond motifs is 3. The molecule has 0 aliphatic heterocycles. The maximum absolute atomic E-state index is 11.7. The largest absolute Gasteiger partial charge is 0.465 e. The molecule has 1 atom stereocenters. The number of esters is 1. The zero-order valence-corrected chi connectivity index (χ0v) is 14.2. The number of nitrogens with zero attached hydrogens (tertiary/aromatic N) is 3. The van der Waals surface area contributed by atoms with Gasteiger partial charge in [-0.1, -0.05) is 0 Å². The van der Waals surface area contributed by atoms with E-state index in [4.69, 9.17) is 10.5 Å². The minimum atomic E-state index is -0.553. The molecule has 23 heavy (non-hydrogen) atoms. The summed E-state index contributed by atoms with van der Waals surface area (Å²) in [7, 11) is 1.33. The van der Waals surface area contributed by atoms with Crippen LogP contribution in [-0.4, -0.2) is 38.8 Å². The summed E-state index contributed by atoms with van der Waals surface area (Å²) in [6, 6.07) is 5.08. The second-order valence-corrected chi connectivity index (χ2v) is 5.97. The van der Waals surface area contributed by atoms with Gasteiger partial charge in [0.1, 0.15) is 5.52 Å². The molecule has 3 rings (SSSR count). The number of carbonyl (C=O) groups excluding carboxylic acids is 1. The SMILES string of the molecule is COC(=O)c1ccc2c(c1)nc(N)c1nc(Br)n(C[C@H](C)O)c12. The van der Waals surface area contributed by atoms with E-state index in [0.29, 0.717) is 27.9 Å². The van der Waals surface area contributed by atoms with E-state index in [1.54, 1.807) is 25.1 Å². The van der Waals surface area contributed by atoms with Crippen molar-refractivity contribution < 1.29 is 14.6 Å². The number of halogens is 1. The highest BCUT2D eigenvalue weighted by Gasteiger charge is 2.18. The number of aromatic nitrogens is 3. The Balaban J connectivity index is 2.34. The molecule has 3 aromatic rings. The summed E-state index contributed by atoms with van der Waals surface area (Å²) in [4.78, 5) is 20.4. The van der Waals surface area contributed by atoms with E-state index in [-0.39, 0.29) is 5.82 Å². The van der Waals surface area contributed by atoms with Gasteiger partial charge in [-0.15, -0.1) is 0 Å². The number of nitrogens with two attached hydrogens (primary N) is 1. The maximum atomic E-state index is 11.7. The Morgan fingerprint density at radius 1 is 1.48 bits per heavy atom. The molecular weight excluding hydrogens is 364 g/mol. The van der Waals surface area contributed by atoms with Crippen molar-refractivity contribution in [2.45, 2.75) is 19.6 Å². The van der Waals surface area contributed by atoms with Crippen molar-refractivity contribution >= 4 is 49.7 Å². The minimum Gasteiger partial charge on any atom is -0.465 e. The third-order valence-electron chi connectivity index (χ3n) is 3.53. The van der Waals surface area contributed by atoms with Crippen LogP contribution in [0.25, 0.3) is 21.9 Å². The minimum absolute atomic E-state index is 0.263. The highest BCUT2D eigenvalue weighted by molar-refractivity contribution is 9.10. The molecule has 1 aromatic carbocycles. The van der Waals surface area contributed by atoms with Crippen LogP contribution in [0.15, 0.2) is 22.9 Å². The second-order valence-electron chi connectivity index (χ2n) is 5.26. The first-order valence-corrected chi connectivity index (χ1v) is 7.73. The average molecular weight is 379 g/mol. The fraction of sp³-hybridized carbons (Fsp3) is 0.267. The van der Waals surface area contributed by atoms with Crippen LogP contribution in [0, 0.1) is 0 Å². The Morgan fingerprint density at radius 2 is 2.22 bits per heavy atom. The number of hydrogen-bond acceptors (Lipinski definition) is 6. The number of imidazole rings is 1. The highest BCUT2D eigenvalue weighted by atomic mass is 79.9. The number of benzene rings is 1. The van der Waals surface area contributed by atoms with Crippen LogP contribution in [0.1, 0.15) is 17.3 Å². The van der Waals surface area contributed by atoms with Gasteiger partial charge in [-0.3, -0.25) is 0 Å². The number of ether oxygens (including phenoxy) is 1. The summed E-state index contributed by atoms with van der Waals surface area (Å²) in [6.45, 7) is 2.05. The van der Waals surface area contributed by atoms with Crippen LogP contribution in [0.3, 0.4) is 0 Å². The van der Waals surface area contributed by atoms with Gasteiger partial charge in [0, 0.05) is 5.39 Å². The number of pyridine rings is 1. The third kappa shape index (κ3) is 2.64. The van der Waals surface area contributed by atoms with Crippen molar-refractivity contribution in [2.24, 2.45) is 0 Å². The van der Waals surface area contributed by atoms with Gasteiger partial charge in [0.05, 0.1) is 36.4 Å². The smallest absolute Gasteiger partial charge is 0.337 e. The molecule has 2 heterocycles. The van der Waals surface area contributed by atoms with Gasteiger partial charge in [0.2, 0.25) is 0 Å². The molecular formula is C15H15BrN4O3. The summed E-state index contributed by atoms with van der Waals surface area (Å²) in [5.74, 6) is -0.175. The number of aliphatic hydroxyl groups excluding tert-OH is 1. The van der Waals surface area contributed by atoms with E-state index in [1.165, 1.54) is 7.11 Å². The summed E-state index contributed by atoms with van der Waals surface area (Å²) in [5, 5.41) is 10.5. The number of methoxy groups -OCH3 is 1. The molecule has 0 saturated carbocycles. The summed E-state index contributed by atoms with van der Waals surface area (Å²) in [6.07, 6.45) is -0.553. The zero-order chi connectivity index (χ0) is 16.7. The molecule has 120 valence electrons. The number of carbonyl (C=O) groups is 1. The lowest BCUT2D eigenvalue weighted by atomic mass is 10.1. The Labute approximate surface area is 140 Å². The highest BCUT2D eigenvalue weighted by Crippen LogP contribution is 2.31. The van der Waals surface area contributed by atoms with E-state index in [9.17, 15) is 9.90 Å². The quantitative estimate of drug-likeness (QED) is 0.676. The van der Waals surface area contributed by atoms with Gasteiger partial charge in [-0.25, -0.2) is 14.8 Å². The molecule has 2 aromatic heterocycles. The predicted octanol–water partition coefficient (Wildman–Crippen LogP) is 2.10. The van der Waals surface area contributed by atoms with Crippen molar-refractivity contribution in [1.29, 1.82) is 0 Å². The van der Waals surface area contributed by atoms with E-state index >= 15 is 0 Å². The summed E-state index contributed by atoms with van der Waals surface area (Å²) < 4.78 is 7.12. The lowest BCUT2D eigenvalue weighted by Gasteiger charge is -2.11. The molecule has 0 amide bonds. The van der Waals surface area contributed by atoms with Crippen molar-refractivity contribution in [3.8, 4) is 0 Å². The molecule has 0 unspecified atom stereocenters. The number of anilines is 1. The molecule has 0 spiro atoms. The van der Waals surface area contributed by atoms with Gasteiger partial charge in [0.15, 0.2) is 10.6 Å². The van der Waals surface area contributed by atoms with Crippen LogP contribution in [0.5, 0.6) is 0 Å². The van der Waals surface area contributed by atoms with E-state index < -0.39 is 12.1 Å². The fourth-order valence-corrected chi connectivity index (χ4v) is 3.06. The van der Waals surface area contributed by atoms with Crippen LogP contribution in [0.4, 0.5) is 5.82 Å². The second kappa shape index (κ2) is 5.78. The molecule has 0 fully saturated rings. The van der Waals surface area contributed by atoms with Crippen LogP contribution in [-0.2, 0) is 11.3 Å². The molecule has 0 saturated heterocycles. The lowest BCUT2D eigenvalue weighted by Crippen LogP contribution is -2.12. The molecule has 0 radical (unpaired) electrons. The first-order chi connectivity index (χ1) is 10.9. The van der Waals surface area contributed by atoms with Crippen LogP contribution < -0.4 is 5.73 Å². The number of hydrogen-bond donors (Lipinski definition) is 2. The summed E-state index contributed by atoms with van der Waals surface area (Å²) >= 11 is 3.39. The van der Waals surface area contributed by atoms with Gasteiger partial charge in [0.25, 0.3) is 0 Å². The van der Waals surface area contributed by atoms with Gasteiger partial charge in [-0.05, 0) is 41.1 Å². The monoisotopic (exact) mass is 378 g/mol. The maximum Gasteiger partial charge on any atom is 0.337 e. The lowest BCUT2D eigenvalue weighted by molar-refractivity contribution is 0.0601. The zero-order valence-electron chi connectivity index (χ0n) is 12.6. The van der Waals surface area contributed by atoms with Crippen molar-refractivity contribution in [2.75, 3.05) is 12.8 Å². The van der Waals surface area contributed by atoms with Crippen LogP contribution >= 0.6 is 15.9 Å². The topological polar surface area (TPSA) is 103 Å². The first-order valence-electron chi connectivity index (χ1n) is 6.93. The summed E-state index contributed by atoms with van der Waals surface area (Å²) in [5.41, 5.74) is 8.28. The van der Waals surface area contributed by atoms with Crippen LogP contribution in [0.2, 0.25) is 0 Å². The number of aliphatic hydroxyl groups is 1. The molecule has 0 aliphatic carbocycles. The van der Waals surface area contributed by atoms with Crippen molar-refractivity contribution in [3.05, 3.63) is 28.5 Å². The van der Waals surface area contributed by atoms with E-state index in [0.717, 1.165) is 10.9 Å². The third-order valence-corrected chi connectivity index (χ3v) is 4.13. The van der Waals surface area contributed by atoms with E-state index in [2.05, 4.69) is 25.9 Å².